The van der Waals surface area contributed by atoms with Crippen LogP contribution in [0.1, 0.15) is 29.6 Å². The number of methoxy groups -OCH3 is 2. The normalized spacial score (nSPS) is 25.5. The summed E-state index contributed by atoms with van der Waals surface area (Å²) in [5, 5.41) is 9.66. The number of benzene rings is 1. The highest BCUT2D eigenvalue weighted by molar-refractivity contribution is 9.10. The Bertz CT molecular complexity index is 667. The third-order valence-electron chi connectivity index (χ3n) is 5.28. The van der Waals surface area contributed by atoms with Crippen molar-refractivity contribution < 1.29 is 24.2 Å². The van der Waals surface area contributed by atoms with Crippen molar-refractivity contribution in [1.29, 1.82) is 0 Å². The van der Waals surface area contributed by atoms with E-state index in [1.165, 1.54) is 14.2 Å². The Balaban J connectivity index is 1.90. The van der Waals surface area contributed by atoms with E-state index < -0.39 is 11.4 Å². The Morgan fingerprint density at radius 3 is 2.42 bits per heavy atom. The predicted octanol–water partition coefficient (Wildman–Crippen LogP) is 2.79. The van der Waals surface area contributed by atoms with Crippen LogP contribution in [0.15, 0.2) is 16.6 Å². The van der Waals surface area contributed by atoms with E-state index in [4.69, 9.17) is 9.47 Å². The molecule has 0 aromatic heterocycles. The van der Waals surface area contributed by atoms with E-state index in [-0.39, 0.29) is 18.4 Å². The molecule has 2 fully saturated rings. The highest BCUT2D eigenvalue weighted by Crippen LogP contribution is 2.49. The lowest BCUT2D eigenvalue weighted by Crippen LogP contribution is -2.37. The van der Waals surface area contributed by atoms with Gasteiger partial charge in [-0.25, -0.2) is 0 Å². The van der Waals surface area contributed by atoms with Gasteiger partial charge in [0.25, 0.3) is 5.91 Å². The number of rotatable bonds is 4. The summed E-state index contributed by atoms with van der Waals surface area (Å²) >= 11 is 3.38. The maximum absolute atomic E-state index is 12.9. The van der Waals surface area contributed by atoms with Gasteiger partial charge in [-0.05, 0) is 46.8 Å². The minimum Gasteiger partial charge on any atom is -0.495 e. The van der Waals surface area contributed by atoms with Crippen LogP contribution in [0.25, 0.3) is 0 Å². The summed E-state index contributed by atoms with van der Waals surface area (Å²) in [7, 11) is 3.04. The molecule has 24 heavy (non-hydrogen) atoms. The van der Waals surface area contributed by atoms with Gasteiger partial charge in [-0.3, -0.25) is 9.59 Å². The number of carboxylic acid groups (broad SMARTS) is 1. The summed E-state index contributed by atoms with van der Waals surface area (Å²) in [6, 6.07) is 3.30. The first-order chi connectivity index (χ1) is 11.4. The fourth-order valence-electron chi connectivity index (χ4n) is 3.97. The fraction of sp³-hybridized carbons (Fsp3) is 0.529. The number of hydrogen-bond acceptors (Lipinski definition) is 4. The van der Waals surface area contributed by atoms with Crippen molar-refractivity contribution >= 4 is 27.8 Å². The number of likely N-dealkylation sites (tertiary alicyclic amines) is 1. The van der Waals surface area contributed by atoms with E-state index in [0.717, 1.165) is 12.8 Å². The maximum Gasteiger partial charge on any atom is 0.311 e. The first-order valence-electron chi connectivity index (χ1n) is 7.87. The van der Waals surface area contributed by atoms with Gasteiger partial charge in [0.1, 0.15) is 16.0 Å². The Kier molecular flexibility index (Phi) is 4.46. The van der Waals surface area contributed by atoms with Gasteiger partial charge in [0, 0.05) is 18.7 Å². The standard InChI is InChI=1S/C17H20BrNO5/c1-23-12-6-10(7-13(24-2)14(12)18)15(20)19-8-11-4-3-5-17(11,9-19)16(21)22/h6-7,11H,3-5,8-9H2,1-2H3,(H,21,22)/t11-,17+/m0/s1. The monoisotopic (exact) mass is 397 g/mol. The van der Waals surface area contributed by atoms with Crippen LogP contribution in [0.5, 0.6) is 11.5 Å². The van der Waals surface area contributed by atoms with Crippen LogP contribution in [0.2, 0.25) is 0 Å². The molecule has 1 aromatic rings. The second kappa shape index (κ2) is 6.27. The number of nitrogens with zero attached hydrogens (tertiary/aromatic N) is 1. The SMILES string of the molecule is COc1cc(C(=O)N2C[C@@H]3CCC[C@@]3(C(=O)O)C2)cc(OC)c1Br. The zero-order valence-electron chi connectivity index (χ0n) is 13.7. The first-order valence-corrected chi connectivity index (χ1v) is 8.66. The number of fused-ring (bicyclic) bond motifs is 1. The minimum atomic E-state index is -0.786. The molecule has 1 N–H and O–H groups in total. The predicted molar refractivity (Wildman–Crippen MR) is 90.6 cm³/mol. The Hall–Kier alpha value is -1.76. The van der Waals surface area contributed by atoms with E-state index in [1.54, 1.807) is 17.0 Å². The van der Waals surface area contributed by atoms with Crippen molar-refractivity contribution in [2.45, 2.75) is 19.3 Å². The van der Waals surface area contributed by atoms with Crippen LogP contribution in [-0.2, 0) is 4.79 Å². The smallest absolute Gasteiger partial charge is 0.311 e. The Labute approximate surface area is 148 Å². The van der Waals surface area contributed by atoms with Crippen LogP contribution in [0.3, 0.4) is 0 Å². The average Bonchev–Trinajstić information content (AvgIpc) is 3.12. The van der Waals surface area contributed by atoms with Gasteiger partial charge in [-0.2, -0.15) is 0 Å². The third-order valence-corrected chi connectivity index (χ3v) is 6.06. The molecular weight excluding hydrogens is 378 g/mol. The van der Waals surface area contributed by atoms with Crippen molar-refractivity contribution in [2.75, 3.05) is 27.3 Å². The van der Waals surface area contributed by atoms with Gasteiger partial charge in [-0.15, -0.1) is 0 Å². The van der Waals surface area contributed by atoms with E-state index in [9.17, 15) is 14.7 Å². The quantitative estimate of drug-likeness (QED) is 0.844. The van der Waals surface area contributed by atoms with E-state index in [2.05, 4.69) is 15.9 Å². The van der Waals surface area contributed by atoms with Gasteiger partial charge >= 0.3 is 5.97 Å². The number of aliphatic carboxylic acids is 1. The van der Waals surface area contributed by atoms with Crippen LogP contribution < -0.4 is 9.47 Å². The largest absolute Gasteiger partial charge is 0.495 e. The molecule has 1 aliphatic heterocycles. The van der Waals surface area contributed by atoms with Gasteiger partial charge in [0.15, 0.2) is 0 Å². The van der Waals surface area contributed by atoms with Crippen LogP contribution in [0, 0.1) is 11.3 Å². The lowest BCUT2D eigenvalue weighted by atomic mass is 9.81. The molecule has 1 heterocycles. The van der Waals surface area contributed by atoms with Crippen molar-refractivity contribution in [1.82, 2.24) is 4.90 Å². The highest BCUT2D eigenvalue weighted by Gasteiger charge is 2.55. The van der Waals surface area contributed by atoms with Gasteiger partial charge in [0.2, 0.25) is 0 Å². The first kappa shape index (κ1) is 17.1. The highest BCUT2D eigenvalue weighted by atomic mass is 79.9. The Morgan fingerprint density at radius 1 is 1.29 bits per heavy atom. The number of halogens is 1. The summed E-state index contributed by atoms with van der Waals surface area (Å²) in [6.45, 7) is 0.762. The summed E-state index contributed by atoms with van der Waals surface area (Å²) in [6.07, 6.45) is 2.42. The zero-order chi connectivity index (χ0) is 17.5. The van der Waals surface area contributed by atoms with E-state index >= 15 is 0 Å². The lowest BCUT2D eigenvalue weighted by Gasteiger charge is -2.23. The molecule has 0 bridgehead atoms. The molecule has 130 valence electrons. The van der Waals surface area contributed by atoms with Crippen molar-refractivity contribution in [3.05, 3.63) is 22.2 Å². The van der Waals surface area contributed by atoms with Gasteiger partial charge in [-0.1, -0.05) is 6.42 Å². The molecule has 0 spiro atoms. The summed E-state index contributed by atoms with van der Waals surface area (Å²) in [4.78, 5) is 26.3. The topological polar surface area (TPSA) is 76.1 Å². The van der Waals surface area contributed by atoms with Crippen LogP contribution >= 0.6 is 15.9 Å². The number of carbonyl (C=O) groups excluding carboxylic acids is 1. The van der Waals surface area contributed by atoms with Crippen molar-refractivity contribution in [3.63, 3.8) is 0 Å². The molecule has 6 nitrogen and oxygen atoms in total. The van der Waals surface area contributed by atoms with Crippen molar-refractivity contribution in [2.24, 2.45) is 11.3 Å². The molecule has 1 aliphatic carbocycles. The van der Waals surface area contributed by atoms with Crippen LogP contribution in [0.4, 0.5) is 0 Å². The molecule has 0 radical (unpaired) electrons. The number of hydrogen-bond donors (Lipinski definition) is 1. The second-order valence-corrected chi connectivity index (χ2v) is 7.22. The number of ether oxygens (including phenoxy) is 2. The maximum atomic E-state index is 12.9. The summed E-state index contributed by atoms with van der Waals surface area (Å²) < 4.78 is 11.2. The summed E-state index contributed by atoms with van der Waals surface area (Å²) in [5.41, 5.74) is -0.341. The fourth-order valence-corrected chi connectivity index (χ4v) is 4.52. The lowest BCUT2D eigenvalue weighted by molar-refractivity contribution is -0.149. The molecule has 1 aromatic carbocycles. The van der Waals surface area contributed by atoms with E-state index in [0.29, 0.717) is 34.5 Å². The van der Waals surface area contributed by atoms with Gasteiger partial charge in [0.05, 0.1) is 19.6 Å². The molecule has 3 rings (SSSR count). The molecular formula is C17H20BrNO5. The third kappa shape index (κ3) is 2.55. The zero-order valence-corrected chi connectivity index (χ0v) is 15.3. The number of amides is 1. The summed E-state index contributed by atoms with van der Waals surface area (Å²) in [5.74, 6) is 0.0775. The molecule has 1 saturated heterocycles. The average molecular weight is 398 g/mol. The Morgan fingerprint density at radius 2 is 1.92 bits per heavy atom. The van der Waals surface area contributed by atoms with Crippen LogP contribution in [-0.4, -0.2) is 49.2 Å². The molecule has 1 amide bonds. The molecule has 7 heteroatoms. The van der Waals surface area contributed by atoms with E-state index in [1.807, 2.05) is 0 Å². The second-order valence-electron chi connectivity index (χ2n) is 6.43. The molecule has 0 unspecified atom stereocenters. The number of carboxylic acids is 1. The van der Waals surface area contributed by atoms with Gasteiger partial charge < -0.3 is 19.5 Å². The molecule has 1 saturated carbocycles. The molecule has 2 atom stereocenters. The van der Waals surface area contributed by atoms with Crippen molar-refractivity contribution in [3.8, 4) is 11.5 Å². The molecule has 2 aliphatic rings. The number of carbonyl (C=O) groups is 2. The minimum absolute atomic E-state index is 0.0400.